The summed E-state index contributed by atoms with van der Waals surface area (Å²) in [7, 11) is 0. The van der Waals surface area contributed by atoms with Crippen LogP contribution in [0.3, 0.4) is 0 Å². The zero-order valence-electron chi connectivity index (χ0n) is 10.9. The molecule has 0 bridgehead atoms. The van der Waals surface area contributed by atoms with E-state index >= 15 is 0 Å². The highest BCUT2D eigenvalue weighted by molar-refractivity contribution is 5.51. The number of anilines is 1. The first-order valence-electron chi connectivity index (χ1n) is 6.81. The van der Waals surface area contributed by atoms with E-state index in [1.165, 1.54) is 12.8 Å². The van der Waals surface area contributed by atoms with Gasteiger partial charge in [-0.05, 0) is 50.0 Å². The van der Waals surface area contributed by atoms with Gasteiger partial charge in [0.2, 0.25) is 0 Å². The van der Waals surface area contributed by atoms with Crippen molar-refractivity contribution < 1.29 is 0 Å². The molecule has 19 heavy (non-hydrogen) atoms. The molecule has 1 aromatic carbocycles. The van der Waals surface area contributed by atoms with Crippen LogP contribution >= 0.6 is 0 Å². The fraction of sp³-hybridized carbons (Fsp3) is 0.429. The van der Waals surface area contributed by atoms with Gasteiger partial charge in [0, 0.05) is 12.2 Å². The lowest BCUT2D eigenvalue weighted by atomic mass is 9.98. The fourth-order valence-corrected chi connectivity index (χ4v) is 2.46. The van der Waals surface area contributed by atoms with Crippen molar-refractivity contribution in [2.75, 3.05) is 25.0 Å². The quantitative estimate of drug-likeness (QED) is 0.875. The minimum absolute atomic E-state index is 0.778. The van der Waals surface area contributed by atoms with E-state index in [0.717, 1.165) is 36.9 Å². The number of nitrogens with one attached hydrogen (secondary N) is 2. The van der Waals surface area contributed by atoms with E-state index in [4.69, 9.17) is 0 Å². The highest BCUT2D eigenvalue weighted by Crippen LogP contribution is 2.17. The normalized spacial score (nSPS) is 16.4. The molecular formula is C14H19N5. The van der Waals surface area contributed by atoms with E-state index in [0.29, 0.717) is 0 Å². The molecule has 0 aliphatic carbocycles. The molecule has 2 aromatic rings. The molecule has 0 unspecified atom stereocenters. The lowest BCUT2D eigenvalue weighted by molar-refractivity contribution is 0.390. The zero-order chi connectivity index (χ0) is 12.9. The summed E-state index contributed by atoms with van der Waals surface area (Å²) >= 11 is 0. The zero-order valence-corrected chi connectivity index (χ0v) is 10.9. The highest BCUT2D eigenvalue weighted by atomic mass is 15.2. The van der Waals surface area contributed by atoms with Crippen LogP contribution < -0.4 is 10.6 Å². The molecular weight excluding hydrogens is 238 g/mol. The summed E-state index contributed by atoms with van der Waals surface area (Å²) in [5.74, 6) is 0.778. The first kappa shape index (κ1) is 12.2. The molecule has 0 saturated carbocycles. The van der Waals surface area contributed by atoms with Gasteiger partial charge in [0.05, 0.1) is 5.69 Å². The Morgan fingerprint density at radius 3 is 2.79 bits per heavy atom. The van der Waals surface area contributed by atoms with Crippen LogP contribution in [0.15, 0.2) is 36.9 Å². The van der Waals surface area contributed by atoms with Gasteiger partial charge in [-0.1, -0.05) is 6.07 Å². The fourth-order valence-electron chi connectivity index (χ4n) is 2.46. The molecule has 1 aliphatic rings. The maximum Gasteiger partial charge on any atom is 0.123 e. The molecule has 0 radical (unpaired) electrons. The number of aromatic nitrogens is 3. The largest absolute Gasteiger partial charge is 0.385 e. The minimum Gasteiger partial charge on any atom is -0.385 e. The second-order valence-corrected chi connectivity index (χ2v) is 4.99. The van der Waals surface area contributed by atoms with E-state index in [1.54, 1.807) is 12.7 Å². The Labute approximate surface area is 113 Å². The van der Waals surface area contributed by atoms with Crippen LogP contribution in [0.2, 0.25) is 0 Å². The third kappa shape index (κ3) is 3.12. The molecule has 0 spiro atoms. The third-order valence-electron chi connectivity index (χ3n) is 3.62. The van der Waals surface area contributed by atoms with Crippen molar-refractivity contribution >= 4 is 5.69 Å². The predicted octanol–water partition coefficient (Wildman–Crippen LogP) is 1.68. The van der Waals surface area contributed by atoms with Crippen LogP contribution in [0.5, 0.6) is 0 Å². The van der Waals surface area contributed by atoms with Crippen LogP contribution in [0.25, 0.3) is 5.69 Å². The van der Waals surface area contributed by atoms with Crippen LogP contribution in [0.4, 0.5) is 5.69 Å². The molecule has 2 heterocycles. The predicted molar refractivity (Wildman–Crippen MR) is 75.4 cm³/mol. The second kappa shape index (κ2) is 5.84. The average Bonchev–Trinajstić information content (AvgIpc) is 3.01. The van der Waals surface area contributed by atoms with Gasteiger partial charge in [0.25, 0.3) is 0 Å². The average molecular weight is 257 g/mol. The smallest absolute Gasteiger partial charge is 0.123 e. The Balaban J connectivity index is 1.63. The summed E-state index contributed by atoms with van der Waals surface area (Å²) in [4.78, 5) is 0. The van der Waals surface area contributed by atoms with Crippen molar-refractivity contribution in [2.24, 2.45) is 5.92 Å². The molecule has 1 fully saturated rings. The molecule has 1 saturated heterocycles. The lowest BCUT2D eigenvalue weighted by Crippen LogP contribution is -2.31. The van der Waals surface area contributed by atoms with Gasteiger partial charge in [-0.25, -0.2) is 0 Å². The Morgan fingerprint density at radius 2 is 2.00 bits per heavy atom. The Hall–Kier alpha value is -1.88. The van der Waals surface area contributed by atoms with Crippen molar-refractivity contribution in [3.05, 3.63) is 36.9 Å². The third-order valence-corrected chi connectivity index (χ3v) is 3.62. The first-order valence-corrected chi connectivity index (χ1v) is 6.81. The summed E-state index contributed by atoms with van der Waals surface area (Å²) in [6, 6.07) is 8.35. The van der Waals surface area contributed by atoms with Crippen molar-refractivity contribution in [3.8, 4) is 5.69 Å². The van der Waals surface area contributed by atoms with Crippen LogP contribution in [-0.4, -0.2) is 34.4 Å². The Kier molecular flexibility index (Phi) is 3.74. The van der Waals surface area contributed by atoms with E-state index < -0.39 is 0 Å². The van der Waals surface area contributed by atoms with E-state index in [1.807, 2.05) is 4.57 Å². The van der Waals surface area contributed by atoms with Crippen LogP contribution in [-0.2, 0) is 0 Å². The number of benzene rings is 1. The van der Waals surface area contributed by atoms with Gasteiger partial charge >= 0.3 is 0 Å². The van der Waals surface area contributed by atoms with Gasteiger partial charge in [0.1, 0.15) is 12.7 Å². The van der Waals surface area contributed by atoms with Gasteiger partial charge in [-0.15, -0.1) is 10.2 Å². The van der Waals surface area contributed by atoms with Gasteiger partial charge in [-0.3, -0.25) is 4.57 Å². The number of piperidine rings is 1. The van der Waals surface area contributed by atoms with Crippen molar-refractivity contribution in [2.45, 2.75) is 12.8 Å². The van der Waals surface area contributed by atoms with Crippen molar-refractivity contribution in [1.29, 1.82) is 0 Å². The molecule has 1 aromatic heterocycles. The number of nitrogens with zero attached hydrogens (tertiary/aromatic N) is 3. The molecule has 0 amide bonds. The molecule has 3 rings (SSSR count). The molecule has 1 aliphatic heterocycles. The maximum atomic E-state index is 3.83. The number of rotatable bonds is 4. The van der Waals surface area contributed by atoms with Gasteiger partial charge < -0.3 is 10.6 Å². The molecule has 2 N–H and O–H groups in total. The van der Waals surface area contributed by atoms with E-state index in [-0.39, 0.29) is 0 Å². The molecule has 100 valence electrons. The topological polar surface area (TPSA) is 54.8 Å². The van der Waals surface area contributed by atoms with Gasteiger partial charge in [-0.2, -0.15) is 0 Å². The summed E-state index contributed by atoms with van der Waals surface area (Å²) < 4.78 is 1.91. The summed E-state index contributed by atoms with van der Waals surface area (Å²) in [6.45, 7) is 3.34. The molecule has 0 atom stereocenters. The number of hydrogen-bond acceptors (Lipinski definition) is 4. The van der Waals surface area contributed by atoms with Crippen LogP contribution in [0.1, 0.15) is 12.8 Å². The van der Waals surface area contributed by atoms with Crippen molar-refractivity contribution in [1.82, 2.24) is 20.1 Å². The van der Waals surface area contributed by atoms with Crippen LogP contribution in [0, 0.1) is 5.92 Å². The molecule has 5 heteroatoms. The van der Waals surface area contributed by atoms with E-state index in [9.17, 15) is 0 Å². The number of hydrogen-bond donors (Lipinski definition) is 2. The Bertz CT molecular complexity index is 502. The Morgan fingerprint density at radius 1 is 1.21 bits per heavy atom. The summed E-state index contributed by atoms with van der Waals surface area (Å²) in [5.41, 5.74) is 2.24. The summed E-state index contributed by atoms with van der Waals surface area (Å²) in [6.07, 6.45) is 5.95. The first-order chi connectivity index (χ1) is 9.42. The minimum atomic E-state index is 0.778. The standard InChI is InChI=1S/C14H19N5/c1-2-13(16-9-12-4-6-15-7-5-12)8-14(3-1)19-10-17-18-11-19/h1-3,8,10-12,15-16H,4-7,9H2. The second-order valence-electron chi connectivity index (χ2n) is 4.99. The highest BCUT2D eigenvalue weighted by Gasteiger charge is 2.12. The van der Waals surface area contributed by atoms with Gasteiger partial charge in [0.15, 0.2) is 0 Å². The SMILES string of the molecule is c1cc(NCC2CCNCC2)cc(-n2cnnc2)c1. The lowest BCUT2D eigenvalue weighted by Gasteiger charge is -2.23. The summed E-state index contributed by atoms with van der Waals surface area (Å²) in [5, 5.41) is 14.6. The monoisotopic (exact) mass is 257 g/mol. The van der Waals surface area contributed by atoms with E-state index in [2.05, 4.69) is 45.1 Å². The molecule has 5 nitrogen and oxygen atoms in total. The van der Waals surface area contributed by atoms with Crippen molar-refractivity contribution in [3.63, 3.8) is 0 Å². The maximum absolute atomic E-state index is 3.83.